The molecule has 1 heterocycles. The molecule has 0 radical (unpaired) electrons. The average molecular weight is 278 g/mol. The Morgan fingerprint density at radius 3 is 2.65 bits per heavy atom. The minimum atomic E-state index is -1.03. The van der Waals surface area contributed by atoms with E-state index in [9.17, 15) is 18.4 Å². The standard InChI is InChI=1S/C14H12F2N2O2/c15-11-5-4-10(9-12(11)16)17-13(19)6-8-18-7-2-1-3-14(18)20/h1-5,7,9H,6,8H2,(H,17,19). The maximum absolute atomic E-state index is 13.0. The van der Waals surface area contributed by atoms with Crippen molar-refractivity contribution >= 4 is 11.6 Å². The summed E-state index contributed by atoms with van der Waals surface area (Å²) in [6.45, 7) is 0.217. The molecule has 0 atom stereocenters. The first-order valence-electron chi connectivity index (χ1n) is 5.96. The molecule has 2 aromatic rings. The molecule has 2 rings (SSSR count). The number of pyridine rings is 1. The third-order valence-electron chi connectivity index (χ3n) is 2.68. The van der Waals surface area contributed by atoms with Gasteiger partial charge in [0.1, 0.15) is 0 Å². The second-order valence-electron chi connectivity index (χ2n) is 4.16. The van der Waals surface area contributed by atoms with Crippen LogP contribution in [0.25, 0.3) is 0 Å². The molecular weight excluding hydrogens is 266 g/mol. The molecular formula is C14H12F2N2O2. The van der Waals surface area contributed by atoms with E-state index < -0.39 is 11.6 Å². The molecule has 6 heteroatoms. The zero-order valence-electron chi connectivity index (χ0n) is 10.5. The van der Waals surface area contributed by atoms with Crippen molar-refractivity contribution in [1.82, 2.24) is 4.57 Å². The van der Waals surface area contributed by atoms with Crippen molar-refractivity contribution in [1.29, 1.82) is 0 Å². The monoisotopic (exact) mass is 278 g/mol. The Labute approximate surface area is 113 Å². The lowest BCUT2D eigenvalue weighted by atomic mass is 10.3. The van der Waals surface area contributed by atoms with Gasteiger partial charge >= 0.3 is 0 Å². The van der Waals surface area contributed by atoms with E-state index in [1.807, 2.05) is 0 Å². The maximum Gasteiger partial charge on any atom is 0.250 e. The van der Waals surface area contributed by atoms with Crippen LogP contribution in [0, 0.1) is 11.6 Å². The predicted octanol–water partition coefficient (Wildman–Crippen LogP) is 2.16. The number of hydrogen-bond acceptors (Lipinski definition) is 2. The smallest absolute Gasteiger partial charge is 0.250 e. The Balaban J connectivity index is 1.94. The van der Waals surface area contributed by atoms with Crippen molar-refractivity contribution in [3.8, 4) is 0 Å². The van der Waals surface area contributed by atoms with Crippen LogP contribution in [-0.4, -0.2) is 10.5 Å². The molecule has 0 bridgehead atoms. The topological polar surface area (TPSA) is 51.1 Å². The second kappa shape index (κ2) is 6.10. The van der Waals surface area contributed by atoms with Crippen LogP contribution in [0.5, 0.6) is 0 Å². The molecule has 20 heavy (non-hydrogen) atoms. The molecule has 1 N–H and O–H groups in total. The van der Waals surface area contributed by atoms with Crippen molar-refractivity contribution in [3.05, 3.63) is 64.6 Å². The van der Waals surface area contributed by atoms with E-state index >= 15 is 0 Å². The first-order chi connectivity index (χ1) is 9.56. The van der Waals surface area contributed by atoms with Gasteiger partial charge in [-0.25, -0.2) is 8.78 Å². The molecule has 1 amide bonds. The van der Waals surface area contributed by atoms with Crippen molar-refractivity contribution < 1.29 is 13.6 Å². The molecule has 0 saturated heterocycles. The number of hydrogen-bond donors (Lipinski definition) is 1. The molecule has 0 saturated carbocycles. The lowest BCUT2D eigenvalue weighted by Gasteiger charge is -2.07. The zero-order valence-corrected chi connectivity index (χ0v) is 10.5. The summed E-state index contributed by atoms with van der Waals surface area (Å²) < 4.78 is 27.1. The van der Waals surface area contributed by atoms with Gasteiger partial charge in [-0.1, -0.05) is 6.07 Å². The first-order valence-corrected chi connectivity index (χ1v) is 5.96. The number of carbonyl (C=O) groups is 1. The minimum Gasteiger partial charge on any atom is -0.326 e. The molecule has 4 nitrogen and oxygen atoms in total. The van der Waals surface area contributed by atoms with Crippen LogP contribution in [0.15, 0.2) is 47.4 Å². The van der Waals surface area contributed by atoms with Gasteiger partial charge in [0, 0.05) is 37.0 Å². The van der Waals surface area contributed by atoms with E-state index in [0.29, 0.717) is 0 Å². The number of benzene rings is 1. The third-order valence-corrected chi connectivity index (χ3v) is 2.68. The quantitative estimate of drug-likeness (QED) is 0.931. The number of halogens is 2. The Bertz CT molecular complexity index is 683. The number of aromatic nitrogens is 1. The van der Waals surface area contributed by atoms with Crippen LogP contribution in [0.3, 0.4) is 0 Å². The van der Waals surface area contributed by atoms with Crippen LogP contribution in [0.2, 0.25) is 0 Å². The maximum atomic E-state index is 13.0. The fourth-order valence-electron chi connectivity index (χ4n) is 1.66. The number of nitrogens with one attached hydrogen (secondary N) is 1. The summed E-state index contributed by atoms with van der Waals surface area (Å²) in [5.41, 5.74) is -0.0255. The molecule has 0 aliphatic rings. The van der Waals surface area contributed by atoms with Crippen LogP contribution in [-0.2, 0) is 11.3 Å². The van der Waals surface area contributed by atoms with E-state index in [1.54, 1.807) is 18.3 Å². The fourth-order valence-corrected chi connectivity index (χ4v) is 1.66. The van der Waals surface area contributed by atoms with Gasteiger partial charge in [-0.05, 0) is 18.2 Å². The van der Waals surface area contributed by atoms with Crippen LogP contribution >= 0.6 is 0 Å². The normalized spacial score (nSPS) is 10.3. The van der Waals surface area contributed by atoms with Crippen molar-refractivity contribution in [3.63, 3.8) is 0 Å². The summed E-state index contributed by atoms with van der Waals surface area (Å²) in [4.78, 5) is 23.1. The fraction of sp³-hybridized carbons (Fsp3) is 0.143. The number of carbonyl (C=O) groups excluding carboxylic acids is 1. The van der Waals surface area contributed by atoms with Gasteiger partial charge in [-0.2, -0.15) is 0 Å². The van der Waals surface area contributed by atoms with Gasteiger partial charge < -0.3 is 9.88 Å². The van der Waals surface area contributed by atoms with E-state index in [0.717, 1.165) is 12.1 Å². The van der Waals surface area contributed by atoms with E-state index in [-0.39, 0.29) is 30.1 Å². The van der Waals surface area contributed by atoms with Crippen LogP contribution in [0.1, 0.15) is 6.42 Å². The molecule has 1 aromatic carbocycles. The summed E-state index contributed by atoms with van der Waals surface area (Å²) in [5.74, 6) is -2.38. The highest BCUT2D eigenvalue weighted by Crippen LogP contribution is 2.13. The summed E-state index contributed by atoms with van der Waals surface area (Å²) in [5, 5.41) is 2.44. The summed E-state index contributed by atoms with van der Waals surface area (Å²) in [7, 11) is 0. The third kappa shape index (κ3) is 3.50. The largest absolute Gasteiger partial charge is 0.326 e. The average Bonchev–Trinajstić information content (AvgIpc) is 2.42. The van der Waals surface area contributed by atoms with Crippen LogP contribution in [0.4, 0.5) is 14.5 Å². The lowest BCUT2D eigenvalue weighted by molar-refractivity contribution is -0.116. The SMILES string of the molecule is O=C(CCn1ccccc1=O)Nc1ccc(F)c(F)c1. The zero-order chi connectivity index (χ0) is 14.5. The Hall–Kier alpha value is -2.50. The highest BCUT2D eigenvalue weighted by molar-refractivity contribution is 5.90. The number of nitrogens with zero attached hydrogens (tertiary/aromatic N) is 1. The number of rotatable bonds is 4. The first kappa shape index (κ1) is 13.9. The number of anilines is 1. The molecule has 0 spiro atoms. The number of aryl methyl sites for hydroxylation is 1. The molecule has 1 aromatic heterocycles. The molecule has 0 aliphatic carbocycles. The van der Waals surface area contributed by atoms with Gasteiger partial charge in [-0.15, -0.1) is 0 Å². The lowest BCUT2D eigenvalue weighted by Crippen LogP contribution is -2.21. The van der Waals surface area contributed by atoms with E-state index in [4.69, 9.17) is 0 Å². The summed E-state index contributed by atoms with van der Waals surface area (Å²) in [6.07, 6.45) is 1.64. The van der Waals surface area contributed by atoms with Crippen molar-refractivity contribution in [2.24, 2.45) is 0 Å². The predicted molar refractivity (Wildman–Crippen MR) is 70.3 cm³/mol. The van der Waals surface area contributed by atoms with Gasteiger partial charge in [0.05, 0.1) is 0 Å². The highest BCUT2D eigenvalue weighted by atomic mass is 19.2. The molecule has 0 aliphatic heterocycles. The minimum absolute atomic E-state index is 0.0584. The molecule has 0 fully saturated rings. The summed E-state index contributed by atoms with van der Waals surface area (Å²) in [6, 6.07) is 7.81. The Morgan fingerprint density at radius 2 is 1.95 bits per heavy atom. The highest BCUT2D eigenvalue weighted by Gasteiger charge is 2.06. The van der Waals surface area contributed by atoms with Gasteiger partial charge in [-0.3, -0.25) is 9.59 Å². The Morgan fingerprint density at radius 1 is 1.15 bits per heavy atom. The van der Waals surface area contributed by atoms with Crippen molar-refractivity contribution in [2.45, 2.75) is 13.0 Å². The van der Waals surface area contributed by atoms with E-state index in [2.05, 4.69) is 5.32 Å². The van der Waals surface area contributed by atoms with Gasteiger partial charge in [0.15, 0.2) is 11.6 Å². The Kier molecular flexibility index (Phi) is 4.24. The van der Waals surface area contributed by atoms with Gasteiger partial charge in [0.25, 0.3) is 5.56 Å². The second-order valence-corrected chi connectivity index (χ2v) is 4.16. The van der Waals surface area contributed by atoms with Crippen molar-refractivity contribution in [2.75, 3.05) is 5.32 Å². The summed E-state index contributed by atoms with van der Waals surface area (Å²) >= 11 is 0. The van der Waals surface area contributed by atoms with Gasteiger partial charge in [0.2, 0.25) is 5.91 Å². The molecule has 0 unspecified atom stereocenters. The number of amides is 1. The van der Waals surface area contributed by atoms with Crippen LogP contribution < -0.4 is 10.9 Å². The molecule has 104 valence electrons. The van der Waals surface area contributed by atoms with E-state index in [1.165, 1.54) is 16.7 Å².